The van der Waals surface area contributed by atoms with Gasteiger partial charge in [-0.1, -0.05) is 56.1 Å². The van der Waals surface area contributed by atoms with E-state index < -0.39 is 46.8 Å². The van der Waals surface area contributed by atoms with E-state index in [0.717, 1.165) is 30.6 Å². The highest BCUT2D eigenvalue weighted by Crippen LogP contribution is 2.53. The van der Waals surface area contributed by atoms with E-state index in [0.29, 0.717) is 14.1 Å². The van der Waals surface area contributed by atoms with Gasteiger partial charge in [0.25, 0.3) is 0 Å². The lowest BCUT2D eigenvalue weighted by Crippen LogP contribution is -2.41. The molecule has 4 rings (SSSR count). The Morgan fingerprint density at radius 3 is 2.24 bits per heavy atom. The maximum atomic E-state index is 15.1. The van der Waals surface area contributed by atoms with Crippen LogP contribution in [0.4, 0.5) is 13.2 Å². The standard InChI is InChI=1S/C30H40BF3O5P2/c1-27(2,3)41-25(26(35)37-9)23-19(30(32,33)34)16-20(31-38-28(4,5)29(6,7)39-31)24(36-8)22(23)18-12-13-21-17(15-18)11-10-14-40-21/h12-13,15-16,25,40-41H,10-11,14H2,1-9H3. The first-order valence-corrected chi connectivity index (χ1v) is 16.1. The van der Waals surface area contributed by atoms with E-state index in [-0.39, 0.29) is 30.9 Å². The second kappa shape index (κ2) is 11.4. The van der Waals surface area contributed by atoms with Gasteiger partial charge < -0.3 is 18.8 Å². The van der Waals surface area contributed by atoms with E-state index in [9.17, 15) is 4.79 Å². The van der Waals surface area contributed by atoms with E-state index >= 15 is 13.2 Å². The van der Waals surface area contributed by atoms with Crippen LogP contribution in [0.2, 0.25) is 0 Å². The molecule has 41 heavy (non-hydrogen) atoms. The van der Waals surface area contributed by atoms with Crippen molar-refractivity contribution in [2.75, 3.05) is 20.4 Å². The van der Waals surface area contributed by atoms with E-state index in [1.807, 2.05) is 66.7 Å². The summed E-state index contributed by atoms with van der Waals surface area (Å²) in [7, 11) is 2.01. The van der Waals surface area contributed by atoms with Crippen LogP contribution in [-0.2, 0) is 31.4 Å². The molecule has 224 valence electrons. The number of alkyl halides is 3. The lowest BCUT2D eigenvalue weighted by Gasteiger charge is -2.32. The quantitative estimate of drug-likeness (QED) is 0.209. The topological polar surface area (TPSA) is 54.0 Å². The molecule has 2 heterocycles. The van der Waals surface area contributed by atoms with Crippen molar-refractivity contribution >= 4 is 41.0 Å². The Balaban J connectivity index is 2.12. The van der Waals surface area contributed by atoms with Crippen molar-refractivity contribution in [2.24, 2.45) is 0 Å². The van der Waals surface area contributed by atoms with Gasteiger partial charge in [0.05, 0.1) is 31.0 Å². The van der Waals surface area contributed by atoms with Crippen LogP contribution in [0.15, 0.2) is 24.3 Å². The molecule has 3 atom stereocenters. The molecule has 0 amide bonds. The summed E-state index contributed by atoms with van der Waals surface area (Å²) in [6.45, 7) is 13.1. The van der Waals surface area contributed by atoms with Gasteiger partial charge in [0.1, 0.15) is 11.4 Å². The highest BCUT2D eigenvalue weighted by molar-refractivity contribution is 7.47. The first-order valence-electron chi connectivity index (χ1n) is 13.8. The molecular weight excluding hydrogens is 570 g/mol. The van der Waals surface area contributed by atoms with Crippen LogP contribution >= 0.6 is 17.2 Å². The minimum atomic E-state index is -4.78. The first kappa shape index (κ1) is 32.3. The zero-order valence-electron chi connectivity index (χ0n) is 25.3. The summed E-state index contributed by atoms with van der Waals surface area (Å²) < 4.78 is 68.9. The summed E-state index contributed by atoms with van der Waals surface area (Å²) in [6.07, 6.45) is -1.80. The molecule has 1 saturated heterocycles. The lowest BCUT2D eigenvalue weighted by molar-refractivity contribution is -0.141. The van der Waals surface area contributed by atoms with Gasteiger partial charge in [0, 0.05) is 11.0 Å². The minimum Gasteiger partial charge on any atom is -0.496 e. The fourth-order valence-corrected chi connectivity index (χ4v) is 8.11. The number of esters is 1. The molecule has 0 N–H and O–H groups in total. The smallest absolute Gasteiger partial charge is 0.496 e. The molecule has 2 aliphatic rings. The van der Waals surface area contributed by atoms with E-state index in [1.54, 1.807) is 0 Å². The van der Waals surface area contributed by atoms with E-state index in [1.165, 1.54) is 19.5 Å². The van der Waals surface area contributed by atoms with Crippen LogP contribution in [0.5, 0.6) is 5.75 Å². The van der Waals surface area contributed by atoms with Crippen LogP contribution < -0.4 is 15.5 Å². The Hall–Kier alpha value is -1.66. The number of ether oxygens (including phenoxy) is 2. The summed E-state index contributed by atoms with van der Waals surface area (Å²) in [5.41, 5.74) is -1.72. The number of fused-ring (bicyclic) bond motifs is 1. The predicted molar refractivity (Wildman–Crippen MR) is 163 cm³/mol. The zero-order chi connectivity index (χ0) is 30.5. The fraction of sp³-hybridized carbons (Fsp3) is 0.567. The Labute approximate surface area is 245 Å². The molecule has 0 aromatic heterocycles. The van der Waals surface area contributed by atoms with Crippen LogP contribution in [0.1, 0.15) is 77.2 Å². The number of benzene rings is 2. The number of methoxy groups -OCH3 is 2. The van der Waals surface area contributed by atoms with Gasteiger partial charge >= 0.3 is 19.3 Å². The van der Waals surface area contributed by atoms with Crippen molar-refractivity contribution in [3.05, 3.63) is 41.0 Å². The Morgan fingerprint density at radius 1 is 1.07 bits per heavy atom. The van der Waals surface area contributed by atoms with Gasteiger partial charge in [0.15, 0.2) is 0 Å². The summed E-state index contributed by atoms with van der Waals surface area (Å²) >= 11 is 0. The molecule has 2 aromatic rings. The van der Waals surface area contributed by atoms with Gasteiger partial charge in [-0.05, 0) is 79.9 Å². The van der Waals surface area contributed by atoms with Crippen molar-refractivity contribution in [3.63, 3.8) is 0 Å². The van der Waals surface area contributed by atoms with Crippen molar-refractivity contribution < 1.29 is 36.7 Å². The molecule has 11 heteroatoms. The number of halogens is 3. The number of rotatable bonds is 6. The van der Waals surface area contributed by atoms with E-state index in [4.69, 9.17) is 18.8 Å². The molecule has 0 radical (unpaired) electrons. The number of hydrogen-bond donors (Lipinski definition) is 0. The maximum absolute atomic E-state index is 15.1. The maximum Gasteiger partial charge on any atom is 0.498 e. The Bertz CT molecular complexity index is 1300. The number of hydrogen-bond acceptors (Lipinski definition) is 5. The highest BCUT2D eigenvalue weighted by atomic mass is 31.1. The van der Waals surface area contributed by atoms with Crippen molar-refractivity contribution in [2.45, 2.75) is 89.5 Å². The number of carbonyl (C=O) groups excluding carboxylic acids is 1. The van der Waals surface area contributed by atoms with Crippen molar-refractivity contribution in [1.82, 2.24) is 0 Å². The normalized spacial score (nSPS) is 20.0. The van der Waals surface area contributed by atoms with Crippen LogP contribution in [0, 0.1) is 0 Å². The van der Waals surface area contributed by atoms with Gasteiger partial charge in [-0.2, -0.15) is 13.2 Å². The molecule has 0 bridgehead atoms. The summed E-state index contributed by atoms with van der Waals surface area (Å²) in [5, 5.41) is 0.771. The molecule has 2 aliphatic heterocycles. The van der Waals surface area contributed by atoms with Gasteiger partial charge in [-0.25, -0.2) is 0 Å². The molecular formula is C30H40BF3O5P2. The lowest BCUT2D eigenvalue weighted by atomic mass is 9.73. The van der Waals surface area contributed by atoms with Crippen LogP contribution in [0.25, 0.3) is 11.1 Å². The molecule has 5 nitrogen and oxygen atoms in total. The predicted octanol–water partition coefficient (Wildman–Crippen LogP) is 6.62. The second-order valence-electron chi connectivity index (χ2n) is 12.7. The van der Waals surface area contributed by atoms with Crippen molar-refractivity contribution in [3.8, 4) is 16.9 Å². The summed E-state index contributed by atoms with van der Waals surface area (Å²) in [4.78, 5) is 13.3. The van der Waals surface area contributed by atoms with Crippen LogP contribution in [0.3, 0.4) is 0 Å². The van der Waals surface area contributed by atoms with E-state index in [2.05, 4.69) is 0 Å². The fourth-order valence-electron chi connectivity index (χ4n) is 5.32. The largest absolute Gasteiger partial charge is 0.498 e. The molecule has 3 unspecified atom stereocenters. The Kier molecular flexibility index (Phi) is 9.01. The molecule has 1 fully saturated rings. The number of carbonyl (C=O) groups is 1. The van der Waals surface area contributed by atoms with Gasteiger partial charge in [-0.3, -0.25) is 4.79 Å². The van der Waals surface area contributed by atoms with Gasteiger partial charge in [-0.15, -0.1) is 0 Å². The molecule has 2 aromatic carbocycles. The second-order valence-corrected chi connectivity index (χ2v) is 16.4. The molecule has 0 spiro atoms. The third kappa shape index (κ3) is 6.49. The van der Waals surface area contributed by atoms with Gasteiger partial charge in [0.2, 0.25) is 0 Å². The monoisotopic (exact) mass is 610 g/mol. The molecule has 0 aliphatic carbocycles. The molecule has 0 saturated carbocycles. The number of aryl methyl sites for hydroxylation is 1. The first-order chi connectivity index (χ1) is 18.9. The average Bonchev–Trinajstić information content (AvgIpc) is 3.10. The highest BCUT2D eigenvalue weighted by Gasteiger charge is 2.54. The minimum absolute atomic E-state index is 0.132. The van der Waals surface area contributed by atoms with Crippen LogP contribution in [-0.4, -0.2) is 49.8 Å². The van der Waals surface area contributed by atoms with Crippen molar-refractivity contribution in [1.29, 1.82) is 0 Å². The third-order valence-electron chi connectivity index (χ3n) is 8.00. The summed E-state index contributed by atoms with van der Waals surface area (Å²) in [5.74, 6) is -0.507. The SMILES string of the molecule is COC(=O)C(PC(C)(C)C)c1c(C(F)(F)F)cc(B2OC(C)(C)C(C)(C)O2)c(OC)c1-c1ccc2c(c1)CCCP2. The average molecular weight is 610 g/mol. The zero-order valence-corrected chi connectivity index (χ0v) is 27.3. The Morgan fingerprint density at radius 2 is 1.71 bits per heavy atom. The summed E-state index contributed by atoms with van der Waals surface area (Å²) in [6, 6.07) is 6.86. The third-order valence-corrected chi connectivity index (χ3v) is 11.2.